The number of rotatable bonds is 5. The van der Waals surface area contributed by atoms with E-state index in [0.29, 0.717) is 11.9 Å². The van der Waals surface area contributed by atoms with Crippen LogP contribution in [0.5, 0.6) is 5.75 Å². The van der Waals surface area contributed by atoms with Gasteiger partial charge in [0.25, 0.3) is 10.1 Å². The number of hydrogen-bond acceptors (Lipinski definition) is 3. The monoisotopic (exact) mass is 364 g/mol. The van der Waals surface area contributed by atoms with Gasteiger partial charge in [0.1, 0.15) is 19.3 Å². The molecular formula is C11H11BF6O4S. The molecule has 0 aromatic heterocycles. The van der Waals surface area contributed by atoms with Gasteiger partial charge < -0.3 is 4.74 Å². The average Bonchev–Trinajstić information content (AvgIpc) is 2.34. The smallest absolute Gasteiger partial charge is 0.438 e. The molecule has 1 N–H and O–H groups in total. The summed E-state index contributed by atoms with van der Waals surface area (Å²) in [5, 5.41) is 0. The molecule has 12 heteroatoms. The minimum Gasteiger partial charge on any atom is -0.468 e. The van der Waals surface area contributed by atoms with Crippen molar-refractivity contribution in [3.05, 3.63) is 29.8 Å². The molecule has 4 nitrogen and oxygen atoms in total. The van der Waals surface area contributed by atoms with Gasteiger partial charge in [-0.25, -0.2) is 0 Å². The average molecular weight is 364 g/mol. The van der Waals surface area contributed by atoms with Gasteiger partial charge in [-0.05, 0) is 12.1 Å². The number of ether oxygens (including phenoxy) is 1. The lowest BCUT2D eigenvalue weighted by atomic mass is 9.97. The van der Waals surface area contributed by atoms with Crippen molar-refractivity contribution in [3.8, 4) is 5.75 Å². The van der Waals surface area contributed by atoms with Crippen molar-refractivity contribution in [1.29, 1.82) is 0 Å². The predicted molar refractivity (Wildman–Crippen MR) is 70.6 cm³/mol. The molecule has 0 spiro atoms. The zero-order chi connectivity index (χ0) is 18.1. The van der Waals surface area contributed by atoms with Crippen LogP contribution in [0, 0.1) is 0 Å². The van der Waals surface area contributed by atoms with E-state index in [1.54, 1.807) is 7.85 Å². The molecule has 0 radical (unpaired) electrons. The van der Waals surface area contributed by atoms with Crippen LogP contribution in [-0.2, 0) is 16.4 Å². The van der Waals surface area contributed by atoms with E-state index >= 15 is 0 Å². The highest BCUT2D eigenvalue weighted by Crippen LogP contribution is 2.47. The van der Waals surface area contributed by atoms with Crippen LogP contribution in [0.4, 0.5) is 26.3 Å². The minimum atomic E-state index is -6.14. The SMILES string of the molecule is BCc1cccc(OC(CS(=O)(=O)O)(C(F)(F)F)C(F)(F)F)c1. The third kappa shape index (κ3) is 4.53. The molecule has 130 valence electrons. The molecule has 0 heterocycles. The summed E-state index contributed by atoms with van der Waals surface area (Å²) in [7, 11) is -4.04. The van der Waals surface area contributed by atoms with Gasteiger partial charge >= 0.3 is 18.0 Å². The molecule has 0 saturated carbocycles. The van der Waals surface area contributed by atoms with Gasteiger partial charge in [-0.2, -0.15) is 34.8 Å². The van der Waals surface area contributed by atoms with E-state index in [2.05, 4.69) is 4.74 Å². The Kier molecular flexibility index (Phi) is 5.31. The Bertz CT molecular complexity index is 641. The standard InChI is InChI=1S/C11H11BF6O4S/c12-5-7-2-1-3-8(4-7)22-9(10(13,14)15,11(16,17)18)6-23(19,20)21/h1-4H,5-6,12H2,(H,19,20,21). The fourth-order valence-electron chi connectivity index (χ4n) is 1.76. The van der Waals surface area contributed by atoms with E-state index in [1.165, 1.54) is 12.1 Å². The molecule has 0 aliphatic rings. The maximum atomic E-state index is 13.0. The van der Waals surface area contributed by atoms with Crippen molar-refractivity contribution in [2.75, 3.05) is 5.75 Å². The third-order valence-corrected chi connectivity index (χ3v) is 3.67. The summed E-state index contributed by atoms with van der Waals surface area (Å²) in [6, 6.07) is 4.36. The van der Waals surface area contributed by atoms with Crippen LogP contribution >= 0.6 is 0 Å². The minimum absolute atomic E-state index is 0.306. The van der Waals surface area contributed by atoms with Crippen molar-refractivity contribution < 1.29 is 44.0 Å². The van der Waals surface area contributed by atoms with E-state index < -0.39 is 39.6 Å². The summed E-state index contributed by atoms with van der Waals surface area (Å²) in [5.41, 5.74) is -4.70. The van der Waals surface area contributed by atoms with E-state index in [0.717, 1.165) is 12.1 Å². The molecule has 0 amide bonds. The van der Waals surface area contributed by atoms with Gasteiger partial charge in [-0.1, -0.05) is 24.0 Å². The number of benzene rings is 1. The first kappa shape index (κ1) is 19.6. The molecule has 1 aromatic carbocycles. The lowest BCUT2D eigenvalue weighted by molar-refractivity contribution is -0.348. The van der Waals surface area contributed by atoms with E-state index in [9.17, 15) is 34.8 Å². The Morgan fingerprint density at radius 3 is 2.00 bits per heavy atom. The molecule has 0 aliphatic carbocycles. The first-order valence-electron chi connectivity index (χ1n) is 6.08. The molecule has 0 aliphatic heterocycles. The Morgan fingerprint density at radius 1 is 1.09 bits per heavy atom. The summed E-state index contributed by atoms with van der Waals surface area (Å²) >= 11 is 0. The summed E-state index contributed by atoms with van der Waals surface area (Å²) in [6.07, 6.45) is -12.0. The number of alkyl halides is 6. The van der Waals surface area contributed by atoms with E-state index in [-0.39, 0.29) is 0 Å². The highest BCUT2D eigenvalue weighted by atomic mass is 32.2. The normalized spacial score (nSPS) is 13.9. The summed E-state index contributed by atoms with van der Waals surface area (Å²) < 4.78 is 112. The molecule has 0 fully saturated rings. The molecule has 0 bridgehead atoms. The Balaban J connectivity index is 3.49. The zero-order valence-corrected chi connectivity index (χ0v) is 12.4. The van der Waals surface area contributed by atoms with Crippen LogP contribution in [0.15, 0.2) is 24.3 Å². The first-order valence-corrected chi connectivity index (χ1v) is 7.69. The Hall–Kier alpha value is -1.43. The van der Waals surface area contributed by atoms with Crippen molar-refractivity contribution in [3.63, 3.8) is 0 Å². The first-order chi connectivity index (χ1) is 10.2. The van der Waals surface area contributed by atoms with Crippen LogP contribution in [0.25, 0.3) is 0 Å². The molecule has 1 rings (SSSR count). The van der Waals surface area contributed by atoms with Gasteiger partial charge in [0.05, 0.1) is 0 Å². The topological polar surface area (TPSA) is 63.6 Å². The lowest BCUT2D eigenvalue weighted by Crippen LogP contribution is -2.64. The highest BCUT2D eigenvalue weighted by Gasteiger charge is 2.75. The lowest BCUT2D eigenvalue weighted by Gasteiger charge is -2.36. The third-order valence-electron chi connectivity index (χ3n) is 2.90. The molecular weight excluding hydrogens is 353 g/mol. The van der Waals surface area contributed by atoms with Crippen molar-refractivity contribution >= 4 is 18.0 Å². The highest BCUT2D eigenvalue weighted by molar-refractivity contribution is 7.85. The second kappa shape index (κ2) is 6.23. The zero-order valence-electron chi connectivity index (χ0n) is 11.6. The predicted octanol–water partition coefficient (Wildman–Crippen LogP) is 1.95. The molecule has 0 unspecified atom stereocenters. The largest absolute Gasteiger partial charge is 0.468 e. The summed E-state index contributed by atoms with van der Waals surface area (Å²) in [5.74, 6) is -3.52. The second-order valence-corrected chi connectivity index (χ2v) is 6.10. The maximum absolute atomic E-state index is 13.0. The van der Waals surface area contributed by atoms with Gasteiger partial charge in [0.2, 0.25) is 0 Å². The van der Waals surface area contributed by atoms with Crippen LogP contribution in [0.1, 0.15) is 5.56 Å². The Morgan fingerprint density at radius 2 is 1.61 bits per heavy atom. The van der Waals surface area contributed by atoms with Crippen molar-refractivity contribution in [2.45, 2.75) is 24.3 Å². The fraction of sp³-hybridized carbons (Fsp3) is 0.455. The van der Waals surface area contributed by atoms with Crippen LogP contribution in [0.3, 0.4) is 0 Å². The van der Waals surface area contributed by atoms with Crippen molar-refractivity contribution in [2.24, 2.45) is 0 Å². The van der Waals surface area contributed by atoms with E-state index in [4.69, 9.17) is 4.55 Å². The number of hydrogen-bond donors (Lipinski definition) is 1. The summed E-state index contributed by atoms with van der Waals surface area (Å²) in [6.45, 7) is 0. The molecule has 1 aromatic rings. The maximum Gasteiger partial charge on any atom is 0.438 e. The fourth-order valence-corrected chi connectivity index (χ4v) is 2.66. The van der Waals surface area contributed by atoms with Gasteiger partial charge in [-0.15, -0.1) is 0 Å². The molecule has 0 saturated heterocycles. The van der Waals surface area contributed by atoms with Gasteiger partial charge in [-0.3, -0.25) is 4.55 Å². The van der Waals surface area contributed by atoms with Crippen LogP contribution in [-0.4, -0.2) is 44.5 Å². The van der Waals surface area contributed by atoms with E-state index in [1.807, 2.05) is 0 Å². The Labute approximate surface area is 128 Å². The molecule has 0 atom stereocenters. The van der Waals surface area contributed by atoms with Crippen molar-refractivity contribution in [1.82, 2.24) is 0 Å². The van der Waals surface area contributed by atoms with Gasteiger partial charge in [0, 0.05) is 0 Å². The van der Waals surface area contributed by atoms with Crippen LogP contribution in [0.2, 0.25) is 0 Å². The number of halogens is 6. The van der Waals surface area contributed by atoms with Gasteiger partial charge in [0.15, 0.2) is 0 Å². The summed E-state index contributed by atoms with van der Waals surface area (Å²) in [4.78, 5) is 0. The quantitative estimate of drug-likeness (QED) is 0.493. The van der Waals surface area contributed by atoms with Crippen LogP contribution < -0.4 is 4.74 Å². The molecule has 23 heavy (non-hydrogen) atoms. The second-order valence-electron chi connectivity index (χ2n) is 4.65.